The number of likely N-dealkylation sites (N-methyl/N-ethyl adjacent to an activating group) is 1. The average Bonchev–Trinajstić information content (AvgIpc) is 3.34. The fraction of sp³-hybridized carbons (Fsp3) is 0.227. The van der Waals surface area contributed by atoms with Gasteiger partial charge in [-0.15, -0.1) is 0 Å². The minimum Gasteiger partial charge on any atom is -0.335 e. The van der Waals surface area contributed by atoms with Crippen molar-refractivity contribution in [2.24, 2.45) is 0 Å². The Balaban J connectivity index is 1.39. The molecule has 0 radical (unpaired) electrons. The number of rotatable bonds is 5. The van der Waals surface area contributed by atoms with Gasteiger partial charge in [0.05, 0.1) is 6.54 Å². The first kappa shape index (κ1) is 18.0. The fourth-order valence-electron chi connectivity index (χ4n) is 3.66. The lowest BCUT2D eigenvalue weighted by Gasteiger charge is -2.21. The number of nitrogens with one attached hydrogen (secondary N) is 1. The molecule has 4 rings (SSSR count). The van der Waals surface area contributed by atoms with E-state index in [-0.39, 0.29) is 18.4 Å². The molecule has 0 spiro atoms. The molecule has 0 fully saturated rings. The molecule has 1 unspecified atom stereocenters. The van der Waals surface area contributed by atoms with Crippen LogP contribution in [0, 0.1) is 0 Å². The molecule has 1 atom stereocenters. The molecule has 2 amide bonds. The molecule has 1 heterocycles. The third kappa shape index (κ3) is 3.41. The summed E-state index contributed by atoms with van der Waals surface area (Å²) in [5.41, 5.74) is 5.73. The molecule has 0 aliphatic heterocycles. The lowest BCUT2D eigenvalue weighted by atomic mass is 10.1. The number of anilines is 1. The van der Waals surface area contributed by atoms with E-state index in [0.29, 0.717) is 0 Å². The van der Waals surface area contributed by atoms with Crippen molar-refractivity contribution >= 4 is 17.5 Å². The van der Waals surface area contributed by atoms with E-state index >= 15 is 0 Å². The second-order valence-electron chi connectivity index (χ2n) is 7.11. The highest BCUT2D eigenvalue weighted by molar-refractivity contribution is 5.95. The third-order valence-corrected chi connectivity index (χ3v) is 5.11. The normalized spacial score (nSPS) is 12.8. The van der Waals surface area contributed by atoms with Gasteiger partial charge in [-0.3, -0.25) is 14.3 Å². The predicted molar refractivity (Wildman–Crippen MR) is 108 cm³/mol. The summed E-state index contributed by atoms with van der Waals surface area (Å²) in [4.78, 5) is 26.3. The zero-order valence-corrected chi connectivity index (χ0v) is 15.9. The first-order valence-electron chi connectivity index (χ1n) is 9.28. The summed E-state index contributed by atoms with van der Waals surface area (Å²) >= 11 is 0. The number of fused-ring (bicyclic) bond motifs is 3. The van der Waals surface area contributed by atoms with Gasteiger partial charge in [-0.1, -0.05) is 30.3 Å². The van der Waals surface area contributed by atoms with Gasteiger partial charge in [-0.2, -0.15) is 5.10 Å². The molecular formula is C22H22N4O2. The predicted octanol–water partition coefficient (Wildman–Crippen LogP) is 3.11. The summed E-state index contributed by atoms with van der Waals surface area (Å²) in [7, 11) is 1.63. The van der Waals surface area contributed by atoms with E-state index in [0.717, 1.165) is 12.1 Å². The summed E-state index contributed by atoms with van der Waals surface area (Å²) < 4.78 is 1.58. The van der Waals surface area contributed by atoms with Crippen LogP contribution in [0.25, 0.3) is 11.1 Å². The van der Waals surface area contributed by atoms with Crippen LogP contribution in [-0.4, -0.2) is 40.1 Å². The number of aromatic nitrogens is 2. The Morgan fingerprint density at radius 3 is 2.71 bits per heavy atom. The molecular weight excluding hydrogens is 352 g/mol. The number of carbonyl (C=O) groups excluding carboxylic acids is 2. The molecule has 6 heteroatoms. The SMILES string of the molecule is CC(C(=O)N(C)CC(=O)Nc1ccc2c(c1)Cc1ccccc1-2)n1cccn1. The summed E-state index contributed by atoms with van der Waals surface area (Å²) in [5, 5.41) is 6.99. The zero-order valence-electron chi connectivity index (χ0n) is 15.9. The summed E-state index contributed by atoms with van der Waals surface area (Å²) in [5.74, 6) is -0.387. The van der Waals surface area contributed by atoms with E-state index in [4.69, 9.17) is 0 Å². The molecule has 3 aromatic rings. The van der Waals surface area contributed by atoms with E-state index in [2.05, 4.69) is 22.5 Å². The van der Waals surface area contributed by atoms with Crippen molar-refractivity contribution in [3.8, 4) is 11.1 Å². The monoisotopic (exact) mass is 374 g/mol. The highest BCUT2D eigenvalue weighted by Crippen LogP contribution is 2.37. The number of benzene rings is 2. The van der Waals surface area contributed by atoms with Crippen LogP contribution in [0.15, 0.2) is 60.9 Å². The molecule has 0 bridgehead atoms. The standard InChI is InChI=1S/C22H22N4O2/c1-15(26-11-5-10-23-26)22(28)25(2)14-21(27)24-18-8-9-20-17(13-18)12-16-6-3-4-7-19(16)20/h3-11,13,15H,12,14H2,1-2H3,(H,24,27). The number of carbonyl (C=O) groups is 2. The molecule has 28 heavy (non-hydrogen) atoms. The van der Waals surface area contributed by atoms with Crippen LogP contribution in [0.1, 0.15) is 24.1 Å². The lowest BCUT2D eigenvalue weighted by molar-refractivity contribution is -0.136. The Morgan fingerprint density at radius 1 is 1.14 bits per heavy atom. The van der Waals surface area contributed by atoms with Crippen LogP contribution in [0.5, 0.6) is 0 Å². The molecule has 0 saturated carbocycles. The molecule has 6 nitrogen and oxygen atoms in total. The van der Waals surface area contributed by atoms with E-state index < -0.39 is 6.04 Å². The Labute approximate surface area is 163 Å². The highest BCUT2D eigenvalue weighted by Gasteiger charge is 2.22. The molecule has 142 valence electrons. The van der Waals surface area contributed by atoms with E-state index in [9.17, 15) is 9.59 Å². The smallest absolute Gasteiger partial charge is 0.247 e. The van der Waals surface area contributed by atoms with Crippen molar-refractivity contribution in [1.82, 2.24) is 14.7 Å². The first-order valence-corrected chi connectivity index (χ1v) is 9.28. The maximum atomic E-state index is 12.5. The zero-order chi connectivity index (χ0) is 19.7. The van der Waals surface area contributed by atoms with Crippen LogP contribution >= 0.6 is 0 Å². The molecule has 1 N–H and O–H groups in total. The van der Waals surface area contributed by atoms with Crippen LogP contribution in [-0.2, 0) is 16.0 Å². The Bertz CT molecular complexity index is 1030. The molecule has 1 aromatic heterocycles. The number of hydrogen-bond acceptors (Lipinski definition) is 3. The largest absolute Gasteiger partial charge is 0.335 e. The van der Waals surface area contributed by atoms with Crippen molar-refractivity contribution in [3.63, 3.8) is 0 Å². The molecule has 1 aliphatic rings. The lowest BCUT2D eigenvalue weighted by Crippen LogP contribution is -2.38. The van der Waals surface area contributed by atoms with E-state index in [1.807, 2.05) is 30.3 Å². The van der Waals surface area contributed by atoms with Crippen molar-refractivity contribution < 1.29 is 9.59 Å². The van der Waals surface area contributed by atoms with Gasteiger partial charge in [-0.25, -0.2) is 0 Å². The fourth-order valence-corrected chi connectivity index (χ4v) is 3.66. The third-order valence-electron chi connectivity index (χ3n) is 5.11. The van der Waals surface area contributed by atoms with Gasteiger partial charge in [0.2, 0.25) is 11.8 Å². The number of hydrogen-bond donors (Lipinski definition) is 1. The van der Waals surface area contributed by atoms with Gasteiger partial charge < -0.3 is 10.2 Å². The Kier molecular flexibility index (Phi) is 4.69. The topological polar surface area (TPSA) is 67.2 Å². The minimum atomic E-state index is -0.453. The van der Waals surface area contributed by atoms with Crippen LogP contribution in [0.4, 0.5) is 5.69 Å². The van der Waals surface area contributed by atoms with Crippen molar-refractivity contribution in [1.29, 1.82) is 0 Å². The van der Waals surface area contributed by atoms with E-state index in [1.165, 1.54) is 27.2 Å². The van der Waals surface area contributed by atoms with Gasteiger partial charge in [0.1, 0.15) is 6.04 Å². The maximum Gasteiger partial charge on any atom is 0.247 e. The summed E-state index contributed by atoms with van der Waals surface area (Å²) in [6, 6.07) is 15.6. The quantitative estimate of drug-likeness (QED) is 0.584. The molecule has 0 saturated heterocycles. The average molecular weight is 374 g/mol. The van der Waals surface area contributed by atoms with E-state index in [1.54, 1.807) is 37.1 Å². The number of amides is 2. The van der Waals surface area contributed by atoms with Gasteiger partial charge in [0, 0.05) is 25.1 Å². The van der Waals surface area contributed by atoms with Gasteiger partial charge in [0.25, 0.3) is 0 Å². The number of nitrogens with zero attached hydrogens (tertiary/aromatic N) is 3. The summed E-state index contributed by atoms with van der Waals surface area (Å²) in [6.07, 6.45) is 4.23. The van der Waals surface area contributed by atoms with Crippen molar-refractivity contribution in [2.75, 3.05) is 18.9 Å². The van der Waals surface area contributed by atoms with Gasteiger partial charge in [0.15, 0.2) is 0 Å². The second-order valence-corrected chi connectivity index (χ2v) is 7.11. The Morgan fingerprint density at radius 2 is 1.93 bits per heavy atom. The van der Waals surface area contributed by atoms with Crippen LogP contribution < -0.4 is 5.32 Å². The molecule has 2 aromatic carbocycles. The maximum absolute atomic E-state index is 12.5. The van der Waals surface area contributed by atoms with Crippen molar-refractivity contribution in [3.05, 3.63) is 72.1 Å². The second kappa shape index (κ2) is 7.31. The van der Waals surface area contributed by atoms with Crippen LogP contribution in [0.2, 0.25) is 0 Å². The van der Waals surface area contributed by atoms with Gasteiger partial charge in [-0.05, 0) is 53.8 Å². The van der Waals surface area contributed by atoms with Crippen molar-refractivity contribution in [2.45, 2.75) is 19.4 Å². The highest BCUT2D eigenvalue weighted by atomic mass is 16.2. The van der Waals surface area contributed by atoms with Gasteiger partial charge >= 0.3 is 0 Å². The van der Waals surface area contributed by atoms with Crippen LogP contribution in [0.3, 0.4) is 0 Å². The Hall–Kier alpha value is -3.41. The summed E-state index contributed by atoms with van der Waals surface area (Å²) in [6.45, 7) is 1.75. The minimum absolute atomic E-state index is 0.0122. The first-order chi connectivity index (χ1) is 13.5. The molecule has 1 aliphatic carbocycles.